The normalized spacial score (nSPS) is 15.3. The average Bonchev–Trinajstić information content (AvgIpc) is 3.01. The van der Waals surface area contributed by atoms with Crippen LogP contribution in [0.2, 0.25) is 0 Å². The Morgan fingerprint density at radius 3 is 2.52 bits per heavy atom. The predicted octanol–water partition coefficient (Wildman–Crippen LogP) is 2.08. The first-order valence-corrected chi connectivity index (χ1v) is 7.54. The maximum atomic E-state index is 11.3. The van der Waals surface area contributed by atoms with E-state index < -0.39 is 0 Å². The number of piperazine rings is 1. The number of aromatic nitrogens is 2. The second kappa shape index (κ2) is 5.65. The number of hydrogen-bond donors (Lipinski definition) is 0. The molecule has 1 aliphatic rings. The van der Waals surface area contributed by atoms with Gasteiger partial charge in [-0.2, -0.15) is 0 Å². The molecule has 0 N–H and O–H groups in total. The molecule has 3 heterocycles. The van der Waals surface area contributed by atoms with Crippen LogP contribution in [-0.4, -0.2) is 41.1 Å². The fourth-order valence-electron chi connectivity index (χ4n) is 2.47. The van der Waals surface area contributed by atoms with E-state index in [-0.39, 0.29) is 10.6 Å². The van der Waals surface area contributed by atoms with E-state index in [0.29, 0.717) is 24.5 Å². The fourth-order valence-corrected chi connectivity index (χ4v) is 3.17. The van der Waals surface area contributed by atoms with Crippen LogP contribution in [-0.2, 0) is 0 Å². The van der Waals surface area contributed by atoms with E-state index in [4.69, 9.17) is 0 Å². The summed E-state index contributed by atoms with van der Waals surface area (Å²) in [5, 5.41) is 14.2. The Labute approximate surface area is 126 Å². The molecule has 0 saturated carbocycles. The Hall–Kier alpha value is -2.22. The van der Waals surface area contributed by atoms with Crippen molar-refractivity contribution in [3.05, 3.63) is 39.5 Å². The van der Waals surface area contributed by atoms with Gasteiger partial charge in [-0.1, -0.05) is 0 Å². The summed E-state index contributed by atoms with van der Waals surface area (Å²) in [6.45, 7) is 4.74. The van der Waals surface area contributed by atoms with Crippen LogP contribution in [0.4, 0.5) is 16.6 Å². The summed E-state index contributed by atoms with van der Waals surface area (Å²) in [4.78, 5) is 23.6. The van der Waals surface area contributed by atoms with Gasteiger partial charge in [0.25, 0.3) is 0 Å². The van der Waals surface area contributed by atoms with E-state index in [9.17, 15) is 10.1 Å². The zero-order chi connectivity index (χ0) is 14.8. The molecule has 110 valence electrons. The van der Waals surface area contributed by atoms with E-state index >= 15 is 0 Å². The second-order valence-corrected chi connectivity index (χ2v) is 5.72. The minimum Gasteiger partial charge on any atom is -0.347 e. The van der Waals surface area contributed by atoms with E-state index in [0.717, 1.165) is 18.2 Å². The molecule has 0 bridgehead atoms. The molecule has 0 amide bonds. The maximum Gasteiger partial charge on any atom is 0.314 e. The number of rotatable bonds is 3. The Balaban J connectivity index is 1.78. The summed E-state index contributed by atoms with van der Waals surface area (Å²) in [5.41, 5.74) is 0.757. The number of aryl methyl sites for hydroxylation is 1. The smallest absolute Gasteiger partial charge is 0.314 e. The van der Waals surface area contributed by atoms with Crippen molar-refractivity contribution in [1.82, 2.24) is 9.97 Å². The van der Waals surface area contributed by atoms with Gasteiger partial charge in [-0.05, 0) is 13.0 Å². The van der Waals surface area contributed by atoms with Gasteiger partial charge in [-0.3, -0.25) is 10.1 Å². The zero-order valence-corrected chi connectivity index (χ0v) is 12.4. The summed E-state index contributed by atoms with van der Waals surface area (Å²) < 4.78 is 0. The van der Waals surface area contributed by atoms with Crippen molar-refractivity contribution in [2.75, 3.05) is 36.0 Å². The molecule has 0 radical (unpaired) electrons. The first-order valence-electron chi connectivity index (χ1n) is 6.66. The third-order valence-electron chi connectivity index (χ3n) is 3.56. The Morgan fingerprint density at radius 1 is 1.19 bits per heavy atom. The lowest BCUT2D eigenvalue weighted by Crippen LogP contribution is -2.47. The fraction of sp³-hybridized carbons (Fsp3) is 0.385. The van der Waals surface area contributed by atoms with Crippen LogP contribution in [0.25, 0.3) is 0 Å². The monoisotopic (exact) mass is 305 g/mol. The Bertz CT molecular complexity index is 638. The first-order chi connectivity index (χ1) is 10.2. The third-order valence-corrected chi connectivity index (χ3v) is 4.39. The van der Waals surface area contributed by atoms with E-state index in [2.05, 4.69) is 14.9 Å². The number of nitrogens with zero attached hydrogens (tertiary/aromatic N) is 5. The summed E-state index contributed by atoms with van der Waals surface area (Å²) in [6, 6.07) is 1.67. The lowest BCUT2D eigenvalue weighted by molar-refractivity contribution is -0.384. The van der Waals surface area contributed by atoms with Gasteiger partial charge >= 0.3 is 5.69 Å². The molecule has 7 nitrogen and oxygen atoms in total. The Kier molecular flexibility index (Phi) is 3.70. The number of pyridine rings is 1. The third kappa shape index (κ3) is 2.66. The molecule has 0 unspecified atom stereocenters. The molecule has 2 aromatic rings. The van der Waals surface area contributed by atoms with Gasteiger partial charge in [0.15, 0.2) is 5.13 Å². The molecular formula is C13H15N5O2S. The number of hydrogen-bond acceptors (Lipinski definition) is 7. The topological polar surface area (TPSA) is 75.4 Å². The zero-order valence-electron chi connectivity index (χ0n) is 11.6. The first kappa shape index (κ1) is 13.7. The molecule has 0 atom stereocenters. The van der Waals surface area contributed by atoms with Crippen LogP contribution in [0.5, 0.6) is 0 Å². The van der Waals surface area contributed by atoms with Gasteiger partial charge in [0.2, 0.25) is 5.82 Å². The van der Waals surface area contributed by atoms with Crippen molar-refractivity contribution < 1.29 is 4.92 Å². The summed E-state index contributed by atoms with van der Waals surface area (Å²) >= 11 is 1.61. The molecular weight excluding hydrogens is 290 g/mol. The van der Waals surface area contributed by atoms with Gasteiger partial charge < -0.3 is 9.80 Å². The second-order valence-electron chi connectivity index (χ2n) is 4.85. The van der Waals surface area contributed by atoms with Gasteiger partial charge in [0.1, 0.15) is 0 Å². The molecule has 21 heavy (non-hydrogen) atoms. The minimum atomic E-state index is -0.342. The van der Waals surface area contributed by atoms with Crippen LogP contribution in [0, 0.1) is 17.0 Å². The average molecular weight is 305 g/mol. The van der Waals surface area contributed by atoms with Crippen LogP contribution in [0.15, 0.2) is 23.8 Å². The van der Waals surface area contributed by atoms with Crippen molar-refractivity contribution in [2.45, 2.75) is 6.92 Å². The van der Waals surface area contributed by atoms with Crippen LogP contribution in [0.1, 0.15) is 5.56 Å². The van der Waals surface area contributed by atoms with Gasteiger partial charge in [-0.25, -0.2) is 9.97 Å². The highest BCUT2D eigenvalue weighted by Gasteiger charge is 2.27. The lowest BCUT2D eigenvalue weighted by Gasteiger charge is -2.35. The van der Waals surface area contributed by atoms with Crippen LogP contribution < -0.4 is 9.80 Å². The van der Waals surface area contributed by atoms with Crippen molar-refractivity contribution in [2.24, 2.45) is 0 Å². The van der Waals surface area contributed by atoms with Crippen LogP contribution >= 0.6 is 11.3 Å². The van der Waals surface area contributed by atoms with Crippen molar-refractivity contribution in [1.29, 1.82) is 0 Å². The summed E-state index contributed by atoms with van der Waals surface area (Å²) in [5.74, 6) is 0.471. The lowest BCUT2D eigenvalue weighted by atomic mass is 10.2. The molecule has 0 aromatic carbocycles. The molecule has 8 heteroatoms. The van der Waals surface area contributed by atoms with Gasteiger partial charge in [0.05, 0.1) is 4.92 Å². The van der Waals surface area contributed by atoms with E-state index in [1.165, 1.54) is 0 Å². The molecule has 2 aromatic heterocycles. The summed E-state index contributed by atoms with van der Waals surface area (Å²) in [6.07, 6.45) is 3.42. The van der Waals surface area contributed by atoms with Gasteiger partial charge in [0, 0.05) is 49.5 Å². The molecule has 1 saturated heterocycles. The highest BCUT2D eigenvalue weighted by molar-refractivity contribution is 7.13. The highest BCUT2D eigenvalue weighted by atomic mass is 32.1. The molecule has 0 aliphatic carbocycles. The minimum absolute atomic E-state index is 0.111. The molecule has 1 fully saturated rings. The SMILES string of the molecule is Cc1ccnc(N2CCN(c3nccs3)CC2)c1[N+](=O)[O-]. The van der Waals surface area contributed by atoms with Crippen molar-refractivity contribution >= 4 is 28.0 Å². The largest absolute Gasteiger partial charge is 0.347 e. The quantitative estimate of drug-likeness (QED) is 0.638. The van der Waals surface area contributed by atoms with E-state index in [1.54, 1.807) is 36.7 Å². The predicted molar refractivity (Wildman–Crippen MR) is 82.2 cm³/mol. The Morgan fingerprint density at radius 2 is 1.90 bits per heavy atom. The summed E-state index contributed by atoms with van der Waals surface area (Å²) in [7, 11) is 0. The highest BCUT2D eigenvalue weighted by Crippen LogP contribution is 2.30. The van der Waals surface area contributed by atoms with Crippen molar-refractivity contribution in [3.63, 3.8) is 0 Å². The standard InChI is InChI=1S/C13H15N5O2S/c1-10-2-3-14-12(11(10)18(19)20)16-5-7-17(8-6-16)13-15-4-9-21-13/h2-4,9H,5-8H2,1H3. The van der Waals surface area contributed by atoms with Crippen molar-refractivity contribution in [3.8, 4) is 0 Å². The molecule has 3 rings (SSSR count). The molecule has 1 aliphatic heterocycles. The number of thiazole rings is 1. The van der Waals surface area contributed by atoms with Crippen LogP contribution in [0.3, 0.4) is 0 Å². The van der Waals surface area contributed by atoms with E-state index in [1.807, 2.05) is 10.3 Å². The number of anilines is 2. The number of nitro groups is 1. The molecule has 0 spiro atoms. The maximum absolute atomic E-state index is 11.3. The van der Waals surface area contributed by atoms with Gasteiger partial charge in [-0.15, -0.1) is 11.3 Å².